The molecule has 0 radical (unpaired) electrons. The zero-order chi connectivity index (χ0) is 16.1. The van der Waals surface area contributed by atoms with Crippen LogP contribution in [0.25, 0.3) is 0 Å². The van der Waals surface area contributed by atoms with Crippen molar-refractivity contribution in [3.05, 3.63) is 39.9 Å². The summed E-state index contributed by atoms with van der Waals surface area (Å²) in [4.78, 5) is 26.3. The third-order valence-corrected chi connectivity index (χ3v) is 4.13. The largest absolute Gasteiger partial charge is 0.361 e. The van der Waals surface area contributed by atoms with Gasteiger partial charge in [-0.2, -0.15) is 0 Å². The third-order valence-electron chi connectivity index (χ3n) is 3.14. The van der Waals surface area contributed by atoms with Crippen LogP contribution in [0.1, 0.15) is 35.7 Å². The predicted molar refractivity (Wildman–Crippen MR) is 83.2 cm³/mol. The van der Waals surface area contributed by atoms with Crippen LogP contribution >= 0.6 is 11.3 Å². The first-order valence-corrected chi connectivity index (χ1v) is 7.80. The molecule has 6 nitrogen and oxygen atoms in total. The van der Waals surface area contributed by atoms with Gasteiger partial charge in [-0.25, -0.2) is 0 Å². The normalized spacial score (nSPS) is 12.0. The van der Waals surface area contributed by atoms with Gasteiger partial charge in [0, 0.05) is 24.9 Å². The van der Waals surface area contributed by atoms with Crippen LogP contribution in [0.2, 0.25) is 0 Å². The Hall–Kier alpha value is -2.15. The van der Waals surface area contributed by atoms with E-state index in [9.17, 15) is 9.59 Å². The van der Waals surface area contributed by atoms with E-state index in [4.69, 9.17) is 4.52 Å². The molecule has 2 aromatic heterocycles. The van der Waals surface area contributed by atoms with Gasteiger partial charge in [0.15, 0.2) is 0 Å². The molecule has 0 aliphatic rings. The van der Waals surface area contributed by atoms with Gasteiger partial charge < -0.3 is 14.7 Å². The lowest BCUT2D eigenvalue weighted by Gasteiger charge is -2.21. The van der Waals surface area contributed by atoms with E-state index in [1.165, 1.54) is 18.3 Å². The fourth-order valence-electron chi connectivity index (χ4n) is 2.11. The molecule has 0 aliphatic carbocycles. The summed E-state index contributed by atoms with van der Waals surface area (Å²) in [5, 5.41) is 8.63. The smallest absolute Gasteiger partial charge is 0.225 e. The molecule has 0 unspecified atom stereocenters. The highest BCUT2D eigenvalue weighted by Crippen LogP contribution is 2.23. The van der Waals surface area contributed by atoms with Crippen molar-refractivity contribution in [2.45, 2.75) is 32.9 Å². The van der Waals surface area contributed by atoms with Gasteiger partial charge in [-0.05, 0) is 18.4 Å². The van der Waals surface area contributed by atoms with Gasteiger partial charge >= 0.3 is 0 Å². The minimum absolute atomic E-state index is 0.0622. The molecule has 0 spiro atoms. The van der Waals surface area contributed by atoms with E-state index in [-0.39, 0.29) is 24.3 Å². The number of carbonyl (C=O) groups is 2. The molecule has 2 rings (SSSR count). The first kappa shape index (κ1) is 16.2. The number of amides is 2. The van der Waals surface area contributed by atoms with E-state index in [1.54, 1.807) is 18.0 Å². The summed E-state index contributed by atoms with van der Waals surface area (Å²) in [6.07, 6.45) is 0.216. The molecule has 1 N–H and O–H groups in total. The van der Waals surface area contributed by atoms with Crippen LogP contribution in [0.5, 0.6) is 0 Å². The number of hydrogen-bond acceptors (Lipinski definition) is 5. The first-order chi connectivity index (χ1) is 10.5. The second kappa shape index (κ2) is 7.22. The number of aromatic nitrogens is 1. The Balaban J connectivity index is 1.99. The quantitative estimate of drug-likeness (QED) is 0.885. The standard InChI is InChI=1S/C15H19N3O3S/c1-10-7-12(17-21-10)9-18(3)15(20)8-13(16-11(2)19)14-5-4-6-22-14/h4-7,13H,8-9H2,1-3H3,(H,16,19)/t13-/m1/s1. The van der Waals surface area contributed by atoms with Crippen molar-refractivity contribution in [2.75, 3.05) is 7.05 Å². The van der Waals surface area contributed by atoms with Crippen LogP contribution < -0.4 is 5.32 Å². The predicted octanol–water partition coefficient (Wildman–Crippen LogP) is 2.27. The lowest BCUT2D eigenvalue weighted by molar-refractivity contribution is -0.131. The van der Waals surface area contributed by atoms with Crippen molar-refractivity contribution in [3.63, 3.8) is 0 Å². The summed E-state index contributed by atoms with van der Waals surface area (Å²) in [6, 6.07) is 5.32. The number of aryl methyl sites for hydroxylation is 1. The molecule has 1 atom stereocenters. The maximum Gasteiger partial charge on any atom is 0.225 e. The molecule has 7 heteroatoms. The first-order valence-electron chi connectivity index (χ1n) is 6.92. The lowest BCUT2D eigenvalue weighted by atomic mass is 10.1. The summed E-state index contributed by atoms with van der Waals surface area (Å²) in [5.41, 5.74) is 0.709. The Bertz CT molecular complexity index is 636. The van der Waals surface area contributed by atoms with Crippen LogP contribution in [-0.4, -0.2) is 28.9 Å². The van der Waals surface area contributed by atoms with Crippen molar-refractivity contribution in [3.8, 4) is 0 Å². The summed E-state index contributed by atoms with van der Waals surface area (Å²) in [7, 11) is 1.71. The Morgan fingerprint density at radius 2 is 2.27 bits per heavy atom. The molecule has 2 amide bonds. The maximum absolute atomic E-state index is 12.4. The highest BCUT2D eigenvalue weighted by molar-refractivity contribution is 7.10. The molecule has 22 heavy (non-hydrogen) atoms. The molecule has 0 saturated carbocycles. The molecule has 0 aliphatic heterocycles. The average molecular weight is 321 g/mol. The van der Waals surface area contributed by atoms with Gasteiger partial charge in [0.05, 0.1) is 19.0 Å². The van der Waals surface area contributed by atoms with Crippen LogP contribution in [0.4, 0.5) is 0 Å². The minimum Gasteiger partial charge on any atom is -0.361 e. The third kappa shape index (κ3) is 4.42. The fraction of sp³-hybridized carbons (Fsp3) is 0.400. The fourth-order valence-corrected chi connectivity index (χ4v) is 2.89. The van der Waals surface area contributed by atoms with E-state index < -0.39 is 0 Å². The van der Waals surface area contributed by atoms with Gasteiger partial charge in [0.1, 0.15) is 11.5 Å². The van der Waals surface area contributed by atoms with Crippen molar-refractivity contribution in [2.24, 2.45) is 0 Å². The summed E-state index contributed by atoms with van der Waals surface area (Å²) in [6.45, 7) is 3.64. The van der Waals surface area contributed by atoms with Crippen molar-refractivity contribution < 1.29 is 14.1 Å². The molecule has 0 aromatic carbocycles. The molecular formula is C15H19N3O3S. The van der Waals surface area contributed by atoms with Crippen LogP contribution in [0.15, 0.2) is 28.1 Å². The van der Waals surface area contributed by atoms with Gasteiger partial charge in [-0.3, -0.25) is 9.59 Å². The van der Waals surface area contributed by atoms with E-state index in [0.717, 1.165) is 4.88 Å². The van der Waals surface area contributed by atoms with E-state index in [1.807, 2.05) is 24.4 Å². The second-order valence-electron chi connectivity index (χ2n) is 5.15. The molecule has 0 fully saturated rings. The number of hydrogen-bond donors (Lipinski definition) is 1. The van der Waals surface area contributed by atoms with Gasteiger partial charge in [-0.15, -0.1) is 11.3 Å². The van der Waals surface area contributed by atoms with Crippen molar-refractivity contribution in [1.82, 2.24) is 15.4 Å². The zero-order valence-electron chi connectivity index (χ0n) is 12.8. The molecular weight excluding hydrogens is 302 g/mol. The number of thiophene rings is 1. The Morgan fingerprint density at radius 3 is 2.82 bits per heavy atom. The Morgan fingerprint density at radius 1 is 1.50 bits per heavy atom. The van der Waals surface area contributed by atoms with Gasteiger partial charge in [0.25, 0.3) is 0 Å². The number of carbonyl (C=O) groups excluding carboxylic acids is 2. The van der Waals surface area contributed by atoms with E-state index in [2.05, 4.69) is 10.5 Å². The number of nitrogens with zero attached hydrogens (tertiary/aromatic N) is 2. The molecule has 0 saturated heterocycles. The highest BCUT2D eigenvalue weighted by atomic mass is 32.1. The summed E-state index contributed by atoms with van der Waals surface area (Å²) in [5.74, 6) is 0.499. The second-order valence-corrected chi connectivity index (χ2v) is 6.13. The van der Waals surface area contributed by atoms with Crippen molar-refractivity contribution >= 4 is 23.2 Å². The Labute approximate surface area is 133 Å². The zero-order valence-corrected chi connectivity index (χ0v) is 13.6. The van der Waals surface area contributed by atoms with Crippen LogP contribution in [-0.2, 0) is 16.1 Å². The SMILES string of the molecule is CC(=O)N[C@H](CC(=O)N(C)Cc1cc(C)on1)c1cccs1. The van der Waals surface area contributed by atoms with Crippen molar-refractivity contribution in [1.29, 1.82) is 0 Å². The maximum atomic E-state index is 12.4. The topological polar surface area (TPSA) is 75.4 Å². The van der Waals surface area contributed by atoms with E-state index in [0.29, 0.717) is 18.0 Å². The van der Waals surface area contributed by atoms with Crippen LogP contribution in [0.3, 0.4) is 0 Å². The monoisotopic (exact) mass is 321 g/mol. The average Bonchev–Trinajstić information content (AvgIpc) is 3.09. The van der Waals surface area contributed by atoms with Gasteiger partial charge in [-0.1, -0.05) is 11.2 Å². The Kier molecular flexibility index (Phi) is 5.32. The molecule has 2 heterocycles. The molecule has 0 bridgehead atoms. The van der Waals surface area contributed by atoms with Gasteiger partial charge in [0.2, 0.25) is 11.8 Å². The minimum atomic E-state index is -0.300. The highest BCUT2D eigenvalue weighted by Gasteiger charge is 2.21. The molecule has 118 valence electrons. The molecule has 2 aromatic rings. The van der Waals surface area contributed by atoms with E-state index >= 15 is 0 Å². The number of nitrogens with one attached hydrogen (secondary N) is 1. The lowest BCUT2D eigenvalue weighted by Crippen LogP contribution is -2.33. The summed E-state index contributed by atoms with van der Waals surface area (Å²) < 4.78 is 4.99. The summed E-state index contributed by atoms with van der Waals surface area (Å²) >= 11 is 1.52. The number of rotatable bonds is 6. The van der Waals surface area contributed by atoms with Crippen LogP contribution in [0, 0.1) is 6.92 Å².